The third-order valence-corrected chi connectivity index (χ3v) is 5.09. The number of anilines is 1. The number of carboxylic acid groups (broad SMARTS) is 1. The molecule has 0 aliphatic rings. The molecule has 4 N–H and O–H groups in total. The highest BCUT2D eigenvalue weighted by atomic mass is 19.4. The number of benzene rings is 1. The fourth-order valence-electron chi connectivity index (χ4n) is 3.18. The van der Waals surface area contributed by atoms with Gasteiger partial charge in [-0.05, 0) is 31.5 Å². The first-order valence-electron chi connectivity index (χ1n) is 11.5. The standard InChI is InChI=1S/C20H20F2N6O.C2HF3O2/c1-11-4-5-13(20(21,22)12(2)29)8-14(11)17-9-24-19-18(23)26-15(10-28(17)19)16-6-7-25-27(16)3;3-2(4,5)1(6)7/h4-10,12,29H,1-3H3,(H2,23,26);(H,6,7)/i3D3;. The number of nitrogens with zero attached hydrogens (tertiary/aromatic N) is 5. The predicted octanol–water partition coefficient (Wildman–Crippen LogP) is 3.79. The number of alkyl halides is 5. The average Bonchev–Trinajstić information content (AvgIpc) is 3.46. The molecule has 0 bridgehead atoms. The molecule has 3 aromatic heterocycles. The zero-order valence-electron chi connectivity index (χ0n) is 21.6. The van der Waals surface area contributed by atoms with Gasteiger partial charge in [0.1, 0.15) is 11.8 Å². The van der Waals surface area contributed by atoms with Crippen LogP contribution in [-0.4, -0.2) is 52.6 Å². The number of rotatable bonds is 4. The number of nitrogens with two attached hydrogens (primary N) is 1. The summed E-state index contributed by atoms with van der Waals surface area (Å²) in [5, 5.41) is 20.5. The lowest BCUT2D eigenvalue weighted by Gasteiger charge is -2.21. The molecule has 0 radical (unpaired) electrons. The van der Waals surface area contributed by atoms with E-state index in [2.05, 4.69) is 15.1 Å². The quantitative estimate of drug-likeness (QED) is 0.353. The zero-order chi connectivity index (χ0) is 29.5. The molecule has 0 fully saturated rings. The van der Waals surface area contributed by atoms with E-state index in [1.54, 1.807) is 11.3 Å². The Balaban J connectivity index is 0.000000532. The van der Waals surface area contributed by atoms with Crippen LogP contribution < -0.4 is 5.73 Å². The Kier molecular flexibility index (Phi) is 5.93. The summed E-state index contributed by atoms with van der Waals surface area (Å²) in [6, 6.07) is 5.60. The first-order chi connectivity index (χ1) is 17.9. The highest BCUT2D eigenvalue weighted by Crippen LogP contribution is 2.36. The maximum atomic E-state index is 14.5. The van der Waals surface area contributed by atoms with Crippen LogP contribution in [0, 0.1) is 6.92 Å². The van der Waals surface area contributed by atoms with E-state index < -0.39 is 31.1 Å². The highest BCUT2D eigenvalue weighted by Gasteiger charge is 2.38. The lowest BCUT2D eigenvalue weighted by molar-refractivity contribution is -0.192. The molecule has 36 heavy (non-hydrogen) atoms. The molecule has 0 saturated heterocycles. The van der Waals surface area contributed by atoms with Crippen molar-refractivity contribution in [3.63, 3.8) is 0 Å². The molecule has 192 valence electrons. The van der Waals surface area contributed by atoms with Crippen molar-refractivity contribution in [1.29, 1.82) is 0 Å². The van der Waals surface area contributed by atoms with Crippen molar-refractivity contribution in [3.8, 4) is 22.6 Å². The highest BCUT2D eigenvalue weighted by molar-refractivity contribution is 5.74. The van der Waals surface area contributed by atoms with Crippen LogP contribution in [0.3, 0.4) is 0 Å². The number of carboxylic acids is 1. The molecular weight excluding hydrogens is 491 g/mol. The van der Waals surface area contributed by atoms with Gasteiger partial charge in [0.15, 0.2) is 11.5 Å². The second-order valence-corrected chi connectivity index (χ2v) is 7.61. The Morgan fingerprint density at radius 2 is 1.86 bits per heavy atom. The van der Waals surface area contributed by atoms with Crippen molar-refractivity contribution in [3.05, 3.63) is 54.0 Å². The molecule has 0 amide bonds. The van der Waals surface area contributed by atoms with Crippen molar-refractivity contribution in [2.24, 2.45) is 6.98 Å². The minimum Gasteiger partial charge on any atom is -0.475 e. The number of hydrogen-bond acceptors (Lipinski definition) is 6. The zero-order valence-corrected chi connectivity index (χ0v) is 18.6. The fraction of sp³-hybridized carbons (Fsp3) is 0.273. The van der Waals surface area contributed by atoms with Gasteiger partial charge in [-0.3, -0.25) is 9.08 Å². The number of aliphatic hydroxyl groups excluding tert-OH is 1. The van der Waals surface area contributed by atoms with E-state index in [0.29, 0.717) is 16.8 Å². The third-order valence-electron chi connectivity index (χ3n) is 5.09. The van der Waals surface area contributed by atoms with E-state index in [-0.39, 0.29) is 28.4 Å². The van der Waals surface area contributed by atoms with Gasteiger partial charge >= 0.3 is 12.1 Å². The summed E-state index contributed by atoms with van der Waals surface area (Å²) in [6.45, 7) is 0.258. The minimum absolute atomic E-state index is 0.0372. The van der Waals surface area contributed by atoms with Crippen LogP contribution in [0.1, 0.15) is 22.2 Å². The summed E-state index contributed by atoms with van der Waals surface area (Å²) in [7, 11) is 0. The second-order valence-electron chi connectivity index (χ2n) is 7.61. The molecule has 1 aromatic carbocycles. The van der Waals surface area contributed by atoms with Crippen LogP contribution in [0.15, 0.2) is 42.9 Å². The number of hydrogen-bond donors (Lipinski definition) is 3. The third kappa shape index (κ3) is 5.12. The fourth-order valence-corrected chi connectivity index (χ4v) is 3.18. The van der Waals surface area contributed by atoms with E-state index >= 15 is 0 Å². The SMILES string of the molecule is O=C(O)C(F)(F)F.[2H]C([2H])([2H])n1nccc1-c1cn2c(-c3cc(C(F)(F)C(C)O)ccc3C)cnc2c(N)n1. The maximum absolute atomic E-state index is 14.5. The largest absolute Gasteiger partial charge is 0.490 e. The van der Waals surface area contributed by atoms with Crippen molar-refractivity contribution >= 4 is 17.4 Å². The van der Waals surface area contributed by atoms with Gasteiger partial charge in [-0.15, -0.1) is 0 Å². The molecule has 3 heterocycles. The van der Waals surface area contributed by atoms with Crippen molar-refractivity contribution in [2.45, 2.75) is 32.1 Å². The van der Waals surface area contributed by atoms with E-state index in [1.807, 2.05) is 0 Å². The summed E-state index contributed by atoms with van der Waals surface area (Å²) in [5.74, 6) is -6.16. The molecule has 4 aromatic rings. The van der Waals surface area contributed by atoms with Crippen LogP contribution >= 0.6 is 0 Å². The van der Waals surface area contributed by atoms with Gasteiger partial charge in [0, 0.05) is 34.6 Å². The predicted molar refractivity (Wildman–Crippen MR) is 119 cm³/mol. The van der Waals surface area contributed by atoms with Gasteiger partial charge < -0.3 is 15.9 Å². The Hall–Kier alpha value is -4.07. The summed E-state index contributed by atoms with van der Waals surface area (Å²) >= 11 is 0. The summed E-state index contributed by atoms with van der Waals surface area (Å²) in [4.78, 5) is 17.4. The molecule has 9 nitrogen and oxygen atoms in total. The normalized spacial score (nSPS) is 14.4. The number of aromatic nitrogens is 5. The first-order valence-corrected chi connectivity index (χ1v) is 10.0. The van der Waals surface area contributed by atoms with Crippen molar-refractivity contribution in [2.75, 3.05) is 5.73 Å². The Bertz CT molecular complexity index is 1520. The van der Waals surface area contributed by atoms with E-state index in [1.165, 1.54) is 42.9 Å². The van der Waals surface area contributed by atoms with E-state index in [0.717, 1.165) is 11.6 Å². The Labute approximate surface area is 204 Å². The number of carbonyl (C=O) groups is 1. The van der Waals surface area contributed by atoms with Gasteiger partial charge in [-0.1, -0.05) is 12.1 Å². The Morgan fingerprint density at radius 3 is 2.44 bits per heavy atom. The molecule has 4 rings (SSSR count). The van der Waals surface area contributed by atoms with Gasteiger partial charge in [0.25, 0.3) is 5.92 Å². The topological polar surface area (TPSA) is 132 Å². The van der Waals surface area contributed by atoms with Crippen LogP contribution in [-0.2, 0) is 17.7 Å². The summed E-state index contributed by atoms with van der Waals surface area (Å²) < 4.78 is 86.0. The molecule has 0 spiro atoms. The number of fused-ring (bicyclic) bond motifs is 1. The van der Waals surface area contributed by atoms with Crippen LogP contribution in [0.4, 0.5) is 27.8 Å². The van der Waals surface area contributed by atoms with Crippen LogP contribution in [0.25, 0.3) is 28.3 Å². The molecule has 1 unspecified atom stereocenters. The summed E-state index contributed by atoms with van der Waals surface area (Å²) in [5.41, 5.74) is 8.06. The number of imidazole rings is 1. The van der Waals surface area contributed by atoms with Gasteiger partial charge in [-0.2, -0.15) is 27.1 Å². The van der Waals surface area contributed by atoms with Crippen LogP contribution in [0.5, 0.6) is 0 Å². The average molecular weight is 515 g/mol. The van der Waals surface area contributed by atoms with Crippen LogP contribution in [0.2, 0.25) is 0 Å². The van der Waals surface area contributed by atoms with E-state index in [4.69, 9.17) is 19.7 Å². The number of aliphatic carboxylic acids is 1. The minimum atomic E-state index is -5.08. The molecular formula is C22H21F5N6O3. The lowest BCUT2D eigenvalue weighted by atomic mass is 9.97. The number of aryl methyl sites for hydroxylation is 2. The van der Waals surface area contributed by atoms with Gasteiger partial charge in [-0.25, -0.2) is 14.8 Å². The van der Waals surface area contributed by atoms with Gasteiger partial charge in [0.05, 0.1) is 17.6 Å². The summed E-state index contributed by atoms with van der Waals surface area (Å²) in [6.07, 6.45) is -2.60. The first kappa shape index (κ1) is 22.4. The molecule has 0 aliphatic heterocycles. The lowest BCUT2D eigenvalue weighted by Crippen LogP contribution is -2.28. The second kappa shape index (κ2) is 9.53. The van der Waals surface area contributed by atoms with Crippen molar-refractivity contribution in [1.82, 2.24) is 24.1 Å². The van der Waals surface area contributed by atoms with E-state index in [9.17, 15) is 27.1 Å². The number of aliphatic hydroxyl groups is 1. The molecule has 1 atom stereocenters. The smallest absolute Gasteiger partial charge is 0.475 e. The maximum Gasteiger partial charge on any atom is 0.490 e. The molecule has 0 saturated carbocycles. The number of halogens is 5. The molecule has 0 aliphatic carbocycles. The van der Waals surface area contributed by atoms with Gasteiger partial charge in [0.2, 0.25) is 0 Å². The monoisotopic (exact) mass is 515 g/mol. The Morgan fingerprint density at radius 1 is 1.19 bits per heavy atom. The molecule has 14 heteroatoms. The van der Waals surface area contributed by atoms with Crippen molar-refractivity contribution < 1.29 is 41.1 Å². The number of nitrogen functional groups attached to an aromatic ring is 1.